The van der Waals surface area contributed by atoms with Gasteiger partial charge in [-0.1, -0.05) is 27.7 Å². The van der Waals surface area contributed by atoms with Crippen molar-refractivity contribution >= 4 is 40.9 Å². The molecule has 3 aromatic carbocycles. The first-order chi connectivity index (χ1) is 27.7. The van der Waals surface area contributed by atoms with Crippen molar-refractivity contribution in [2.75, 3.05) is 49.1 Å². The van der Waals surface area contributed by atoms with Gasteiger partial charge in [0.15, 0.2) is 0 Å². The zero-order valence-corrected chi connectivity index (χ0v) is 33.8. The quantitative estimate of drug-likeness (QED) is 0.308. The number of fused-ring (bicyclic) bond motifs is 1. The average Bonchev–Trinajstić information content (AvgIpc) is 3.46. The van der Waals surface area contributed by atoms with Crippen LogP contribution in [0.4, 0.5) is 11.4 Å². The molecule has 1 unspecified atom stereocenters. The number of nitrogens with zero attached hydrogens (tertiary/aromatic N) is 5. The second kappa shape index (κ2) is 14.9. The van der Waals surface area contributed by atoms with Gasteiger partial charge < -0.3 is 19.9 Å². The van der Waals surface area contributed by atoms with Crippen LogP contribution in [0.3, 0.4) is 0 Å². The Bertz CT molecular complexity index is 2200. The Morgan fingerprint density at radius 3 is 2.07 bits per heavy atom. The van der Waals surface area contributed by atoms with Gasteiger partial charge in [0.25, 0.3) is 17.7 Å². The third-order valence-electron chi connectivity index (χ3n) is 13.3. The number of anilines is 2. The molecule has 302 valence electrons. The van der Waals surface area contributed by atoms with Gasteiger partial charge in [-0.15, -0.1) is 0 Å². The van der Waals surface area contributed by atoms with Crippen LogP contribution in [0, 0.1) is 29.1 Å². The van der Waals surface area contributed by atoms with Crippen LogP contribution in [-0.4, -0.2) is 103 Å². The Hall–Kier alpha value is -5.74. The topological polar surface area (TPSA) is 155 Å². The fourth-order valence-electron chi connectivity index (χ4n) is 10.3. The van der Waals surface area contributed by atoms with Gasteiger partial charge in [-0.3, -0.25) is 39.1 Å². The highest BCUT2D eigenvalue weighted by atomic mass is 16.5. The maximum atomic E-state index is 13.5. The van der Waals surface area contributed by atoms with Crippen LogP contribution in [0.25, 0.3) is 0 Å². The molecule has 3 saturated heterocycles. The first-order valence-electron chi connectivity index (χ1n) is 20.4. The Morgan fingerprint density at radius 1 is 0.793 bits per heavy atom. The van der Waals surface area contributed by atoms with Gasteiger partial charge in [0.05, 0.1) is 22.8 Å². The summed E-state index contributed by atoms with van der Waals surface area (Å²) < 4.78 is 6.47. The van der Waals surface area contributed by atoms with Crippen molar-refractivity contribution in [2.24, 2.45) is 10.8 Å². The Kier molecular flexibility index (Phi) is 10.0. The highest BCUT2D eigenvalue weighted by Crippen LogP contribution is 2.55. The van der Waals surface area contributed by atoms with Gasteiger partial charge in [-0.2, -0.15) is 5.26 Å². The molecule has 0 aromatic heterocycles. The molecule has 0 bridgehead atoms. The van der Waals surface area contributed by atoms with Crippen molar-refractivity contribution in [3.05, 3.63) is 88.5 Å². The van der Waals surface area contributed by atoms with Gasteiger partial charge in [-0.05, 0) is 92.4 Å². The van der Waals surface area contributed by atoms with E-state index in [1.165, 1.54) is 0 Å². The number of piperazine rings is 1. The summed E-state index contributed by atoms with van der Waals surface area (Å²) in [4.78, 5) is 72.3. The minimum absolute atomic E-state index is 0.0902. The van der Waals surface area contributed by atoms with Crippen LogP contribution in [0.2, 0.25) is 0 Å². The third-order valence-corrected chi connectivity index (χ3v) is 13.3. The molecule has 0 spiro atoms. The molecule has 3 aromatic rings. The first-order valence-corrected chi connectivity index (χ1v) is 20.4. The molecule has 13 nitrogen and oxygen atoms in total. The number of hydrogen-bond donors (Lipinski definition) is 2. The number of benzene rings is 3. The largest absolute Gasteiger partial charge is 0.489 e. The van der Waals surface area contributed by atoms with Crippen LogP contribution in [0.5, 0.6) is 5.75 Å². The van der Waals surface area contributed by atoms with Gasteiger partial charge in [0.1, 0.15) is 17.9 Å². The van der Waals surface area contributed by atoms with Crippen molar-refractivity contribution in [2.45, 2.75) is 84.5 Å². The zero-order valence-electron chi connectivity index (χ0n) is 33.8. The maximum Gasteiger partial charge on any atom is 0.262 e. The smallest absolute Gasteiger partial charge is 0.262 e. The van der Waals surface area contributed by atoms with E-state index in [9.17, 15) is 29.2 Å². The summed E-state index contributed by atoms with van der Waals surface area (Å²) in [6.45, 7) is 15.7. The lowest BCUT2D eigenvalue weighted by atomic mass is 9.49. The van der Waals surface area contributed by atoms with Crippen molar-refractivity contribution in [3.8, 4) is 11.8 Å². The normalized spacial score (nSPS) is 24.5. The number of carbonyl (C=O) groups excluding carboxylic acids is 5. The van der Waals surface area contributed by atoms with E-state index in [0.717, 1.165) is 79.7 Å². The van der Waals surface area contributed by atoms with E-state index in [-0.39, 0.29) is 41.7 Å². The molecule has 2 N–H and O–H groups in total. The monoisotopic (exact) mass is 785 g/mol. The van der Waals surface area contributed by atoms with Crippen molar-refractivity contribution in [3.63, 3.8) is 0 Å². The highest BCUT2D eigenvalue weighted by Gasteiger charge is 2.64. The summed E-state index contributed by atoms with van der Waals surface area (Å²) in [6, 6.07) is 20.3. The van der Waals surface area contributed by atoms with Gasteiger partial charge in [0, 0.05) is 85.5 Å². The molecule has 1 aliphatic carbocycles. The van der Waals surface area contributed by atoms with E-state index in [4.69, 9.17) is 4.74 Å². The van der Waals surface area contributed by atoms with Gasteiger partial charge in [-0.25, -0.2) is 0 Å². The van der Waals surface area contributed by atoms with E-state index in [1.807, 2.05) is 49.4 Å². The molecule has 1 atom stereocenters. The molecule has 0 radical (unpaired) electrons. The second-order valence-corrected chi connectivity index (χ2v) is 17.6. The number of nitriles is 1. The molecular weight excluding hydrogens is 735 g/mol. The zero-order chi connectivity index (χ0) is 41.1. The number of hydrogen-bond acceptors (Lipinski definition) is 10. The number of rotatable bonds is 8. The number of ether oxygens (including phenoxy) is 1. The Balaban J connectivity index is 0.811. The fourth-order valence-corrected chi connectivity index (χ4v) is 10.3. The minimum atomic E-state index is -0.975. The van der Waals surface area contributed by atoms with Crippen LogP contribution in [0.15, 0.2) is 60.7 Å². The third kappa shape index (κ3) is 6.87. The molecule has 5 amide bonds. The summed E-state index contributed by atoms with van der Waals surface area (Å²) in [5, 5.41) is 14.9. The standard InChI is InChI=1S/C45H51N7O6/c1-27-24-33(12-8-29(27)26-46)58-43-44(2,3)42(45(43,4)5)48-38(54)28-6-9-30(10-7-28)50-20-22-51(23-21-50)31-16-18-49(19-17-31)32-11-13-34-35(25-32)41(57)52(40(34)56)36-14-15-37(53)47-39(36)55/h6-13,24-25,31,36,42-43H,14-23H2,1-5H3,(H,48,54)(H,47,53,55)/t36?,42-,43-. The van der Waals surface area contributed by atoms with E-state index < -0.39 is 29.7 Å². The summed E-state index contributed by atoms with van der Waals surface area (Å²) in [6.07, 6.45) is 2.06. The lowest BCUT2D eigenvalue weighted by Crippen LogP contribution is -2.74. The molecule has 1 saturated carbocycles. The van der Waals surface area contributed by atoms with E-state index in [0.29, 0.717) is 28.3 Å². The van der Waals surface area contributed by atoms with Crippen molar-refractivity contribution < 1.29 is 28.7 Å². The fraction of sp³-hybridized carbons (Fsp3) is 0.467. The van der Waals surface area contributed by atoms with E-state index >= 15 is 0 Å². The molecule has 13 heteroatoms. The second-order valence-electron chi connectivity index (χ2n) is 17.6. The lowest BCUT2D eigenvalue weighted by Gasteiger charge is -2.63. The van der Waals surface area contributed by atoms with Crippen LogP contribution in [0.1, 0.15) is 95.6 Å². The van der Waals surface area contributed by atoms with Crippen molar-refractivity contribution in [1.29, 1.82) is 5.26 Å². The Morgan fingerprint density at radius 2 is 1.43 bits per heavy atom. The van der Waals surface area contributed by atoms with Crippen LogP contribution in [-0.2, 0) is 9.59 Å². The predicted molar refractivity (Wildman–Crippen MR) is 218 cm³/mol. The number of imide groups is 2. The number of piperidine rings is 2. The highest BCUT2D eigenvalue weighted by molar-refractivity contribution is 6.23. The number of nitrogens with one attached hydrogen (secondary N) is 2. The average molecular weight is 786 g/mol. The first kappa shape index (κ1) is 39.1. The summed E-state index contributed by atoms with van der Waals surface area (Å²) >= 11 is 0. The molecule has 58 heavy (non-hydrogen) atoms. The number of aryl methyl sites for hydroxylation is 1. The van der Waals surface area contributed by atoms with Gasteiger partial charge >= 0.3 is 0 Å². The van der Waals surface area contributed by atoms with E-state index in [2.05, 4.69) is 59.1 Å². The maximum absolute atomic E-state index is 13.5. The number of carbonyl (C=O) groups is 5. The van der Waals surface area contributed by atoms with Crippen molar-refractivity contribution in [1.82, 2.24) is 20.4 Å². The molecule has 4 heterocycles. The summed E-state index contributed by atoms with van der Waals surface area (Å²) in [7, 11) is 0. The number of amides is 5. The Labute approximate surface area is 339 Å². The summed E-state index contributed by atoms with van der Waals surface area (Å²) in [5.41, 5.74) is 4.09. The molecular formula is C45H51N7O6. The van der Waals surface area contributed by atoms with Gasteiger partial charge in [0.2, 0.25) is 11.8 Å². The molecule has 5 aliphatic rings. The minimum Gasteiger partial charge on any atom is -0.489 e. The molecule has 4 fully saturated rings. The summed E-state index contributed by atoms with van der Waals surface area (Å²) in [5.74, 6) is -1.35. The SMILES string of the molecule is Cc1cc(O[C@H]2C(C)(C)[C@H](NC(=O)c3ccc(N4CCN(C5CCN(c6ccc7c(c6)C(=O)N(C6CCC(=O)NC6=O)C7=O)CC5)CC4)cc3)C2(C)C)ccc1C#N. The lowest BCUT2D eigenvalue weighted by molar-refractivity contribution is -0.164. The predicted octanol–water partition coefficient (Wildman–Crippen LogP) is 4.67. The molecule has 8 rings (SSSR count). The van der Waals surface area contributed by atoms with Crippen LogP contribution >= 0.6 is 0 Å². The molecule has 4 aliphatic heterocycles. The van der Waals surface area contributed by atoms with E-state index in [1.54, 1.807) is 18.2 Å². The van der Waals surface area contributed by atoms with Crippen LogP contribution < -0.4 is 25.2 Å².